The smallest absolute Gasteiger partial charge is 0.339 e. The van der Waals surface area contributed by atoms with Gasteiger partial charge < -0.3 is 4.74 Å². The molecule has 0 radical (unpaired) electrons. The van der Waals surface area contributed by atoms with Crippen molar-refractivity contribution in [3.63, 3.8) is 0 Å². The predicted molar refractivity (Wildman–Crippen MR) is 80.7 cm³/mol. The van der Waals surface area contributed by atoms with Crippen LogP contribution in [0.3, 0.4) is 0 Å². The lowest BCUT2D eigenvalue weighted by Gasteiger charge is -2.15. The van der Waals surface area contributed by atoms with Crippen molar-refractivity contribution in [2.24, 2.45) is 5.92 Å². The number of aromatic nitrogens is 1. The molecule has 0 fully saturated rings. The van der Waals surface area contributed by atoms with Crippen molar-refractivity contribution in [1.82, 2.24) is 4.98 Å². The van der Waals surface area contributed by atoms with Crippen molar-refractivity contribution >= 4 is 16.9 Å². The molecule has 0 aliphatic heterocycles. The van der Waals surface area contributed by atoms with Gasteiger partial charge in [-0.15, -0.1) is 0 Å². The number of esters is 1. The summed E-state index contributed by atoms with van der Waals surface area (Å²) in [6, 6.07) is 9.26. The quantitative estimate of drug-likeness (QED) is 0.764. The van der Waals surface area contributed by atoms with Crippen LogP contribution < -0.4 is 0 Å². The normalized spacial score (nSPS) is 12.6. The summed E-state index contributed by atoms with van der Waals surface area (Å²) in [6.45, 7) is 6.29. The zero-order valence-corrected chi connectivity index (χ0v) is 12.3. The fourth-order valence-electron chi connectivity index (χ4n) is 2.15. The standard InChI is InChI=1S/C17H21NO2/c1-12(2)9-10-13(3)20-17(19)15-6-4-8-16-14(15)7-5-11-18-16/h4-8,11-13H,9-10H2,1-3H3. The SMILES string of the molecule is CC(C)CCC(C)OC(=O)c1cccc2ncccc12. The molecule has 0 amide bonds. The summed E-state index contributed by atoms with van der Waals surface area (Å²) < 4.78 is 5.53. The fraction of sp³-hybridized carbons (Fsp3) is 0.412. The Labute approximate surface area is 120 Å². The van der Waals surface area contributed by atoms with Crippen LogP contribution in [-0.4, -0.2) is 17.1 Å². The largest absolute Gasteiger partial charge is 0.459 e. The highest BCUT2D eigenvalue weighted by atomic mass is 16.5. The van der Waals surface area contributed by atoms with Gasteiger partial charge in [-0.1, -0.05) is 26.0 Å². The minimum Gasteiger partial charge on any atom is -0.459 e. The molecule has 0 spiro atoms. The van der Waals surface area contributed by atoms with Crippen LogP contribution in [0.2, 0.25) is 0 Å². The molecule has 20 heavy (non-hydrogen) atoms. The Morgan fingerprint density at radius 2 is 1.95 bits per heavy atom. The third-order valence-electron chi connectivity index (χ3n) is 3.32. The number of ether oxygens (including phenoxy) is 1. The lowest BCUT2D eigenvalue weighted by molar-refractivity contribution is 0.0316. The van der Waals surface area contributed by atoms with Crippen LogP contribution in [0.15, 0.2) is 36.5 Å². The van der Waals surface area contributed by atoms with Crippen LogP contribution in [0.5, 0.6) is 0 Å². The first kappa shape index (κ1) is 14.5. The number of rotatable bonds is 5. The molecule has 1 aromatic heterocycles. The second kappa shape index (κ2) is 6.51. The molecule has 0 N–H and O–H groups in total. The first-order valence-electron chi connectivity index (χ1n) is 7.12. The summed E-state index contributed by atoms with van der Waals surface area (Å²) in [5, 5.41) is 0.844. The molecule has 106 valence electrons. The summed E-state index contributed by atoms with van der Waals surface area (Å²) in [5.41, 5.74) is 1.41. The van der Waals surface area contributed by atoms with Crippen molar-refractivity contribution in [3.05, 3.63) is 42.1 Å². The number of hydrogen-bond acceptors (Lipinski definition) is 3. The first-order valence-corrected chi connectivity index (χ1v) is 7.12. The topological polar surface area (TPSA) is 39.2 Å². The number of pyridine rings is 1. The highest BCUT2D eigenvalue weighted by Gasteiger charge is 2.15. The van der Waals surface area contributed by atoms with E-state index >= 15 is 0 Å². The summed E-state index contributed by atoms with van der Waals surface area (Å²) >= 11 is 0. The molecule has 3 nitrogen and oxygen atoms in total. The van der Waals surface area contributed by atoms with Gasteiger partial charge in [0.25, 0.3) is 0 Å². The Balaban J connectivity index is 2.11. The Hall–Kier alpha value is -1.90. The minimum atomic E-state index is -0.264. The average Bonchev–Trinajstić information content (AvgIpc) is 2.44. The number of carbonyl (C=O) groups is 1. The third kappa shape index (κ3) is 3.56. The van der Waals surface area contributed by atoms with Crippen LogP contribution in [0.25, 0.3) is 10.9 Å². The maximum absolute atomic E-state index is 12.3. The van der Waals surface area contributed by atoms with Crippen LogP contribution in [0, 0.1) is 5.92 Å². The van der Waals surface area contributed by atoms with Crippen molar-refractivity contribution in [1.29, 1.82) is 0 Å². The monoisotopic (exact) mass is 271 g/mol. The van der Waals surface area contributed by atoms with Crippen molar-refractivity contribution in [2.75, 3.05) is 0 Å². The van der Waals surface area contributed by atoms with E-state index < -0.39 is 0 Å². The Kier molecular flexibility index (Phi) is 4.72. The molecule has 3 heteroatoms. The van der Waals surface area contributed by atoms with E-state index in [9.17, 15) is 4.79 Å². The van der Waals surface area contributed by atoms with Gasteiger partial charge in [0.05, 0.1) is 17.2 Å². The Bertz CT molecular complexity index is 587. The van der Waals surface area contributed by atoms with Gasteiger partial charge in [0.1, 0.15) is 0 Å². The number of benzene rings is 1. The number of nitrogens with zero attached hydrogens (tertiary/aromatic N) is 1. The molecule has 2 aromatic rings. The summed E-state index contributed by atoms with van der Waals surface area (Å²) in [5.74, 6) is 0.359. The van der Waals surface area contributed by atoms with Gasteiger partial charge in [-0.3, -0.25) is 4.98 Å². The van der Waals surface area contributed by atoms with E-state index in [4.69, 9.17) is 4.74 Å². The highest BCUT2D eigenvalue weighted by molar-refractivity contribution is 6.03. The lowest BCUT2D eigenvalue weighted by atomic mass is 10.1. The van der Waals surface area contributed by atoms with Crippen molar-refractivity contribution in [3.8, 4) is 0 Å². The molecule has 2 rings (SSSR count). The summed E-state index contributed by atoms with van der Waals surface area (Å²) in [7, 11) is 0. The van der Waals surface area contributed by atoms with Crippen LogP contribution >= 0.6 is 0 Å². The van der Waals surface area contributed by atoms with E-state index in [-0.39, 0.29) is 12.1 Å². The van der Waals surface area contributed by atoms with Crippen LogP contribution in [0.1, 0.15) is 44.0 Å². The van der Waals surface area contributed by atoms with Gasteiger partial charge in [-0.25, -0.2) is 4.79 Å². The van der Waals surface area contributed by atoms with Crippen LogP contribution in [0.4, 0.5) is 0 Å². The molecular formula is C17H21NO2. The van der Waals surface area contributed by atoms with Crippen LogP contribution in [-0.2, 0) is 4.74 Å². The number of hydrogen-bond donors (Lipinski definition) is 0. The average molecular weight is 271 g/mol. The van der Waals surface area contributed by atoms with E-state index in [1.807, 2.05) is 31.2 Å². The third-order valence-corrected chi connectivity index (χ3v) is 3.32. The van der Waals surface area contributed by atoms with Crippen molar-refractivity contribution < 1.29 is 9.53 Å². The van der Waals surface area contributed by atoms with E-state index in [0.29, 0.717) is 11.5 Å². The molecular weight excluding hydrogens is 250 g/mol. The Morgan fingerprint density at radius 3 is 2.70 bits per heavy atom. The van der Waals surface area contributed by atoms with Gasteiger partial charge in [-0.2, -0.15) is 0 Å². The van der Waals surface area contributed by atoms with E-state index in [0.717, 1.165) is 23.7 Å². The zero-order valence-electron chi connectivity index (χ0n) is 12.3. The number of fused-ring (bicyclic) bond motifs is 1. The molecule has 1 heterocycles. The molecule has 0 aliphatic rings. The molecule has 1 aromatic carbocycles. The van der Waals surface area contributed by atoms with Gasteiger partial charge in [0.15, 0.2) is 0 Å². The molecule has 1 unspecified atom stereocenters. The maximum Gasteiger partial charge on any atom is 0.339 e. The molecule has 1 atom stereocenters. The Morgan fingerprint density at radius 1 is 1.15 bits per heavy atom. The maximum atomic E-state index is 12.3. The van der Waals surface area contributed by atoms with Gasteiger partial charge >= 0.3 is 5.97 Å². The van der Waals surface area contributed by atoms with E-state index in [1.165, 1.54) is 0 Å². The molecule has 0 bridgehead atoms. The summed E-state index contributed by atoms with van der Waals surface area (Å²) in [6.07, 6.45) is 3.62. The zero-order chi connectivity index (χ0) is 14.5. The first-order chi connectivity index (χ1) is 9.58. The van der Waals surface area contributed by atoms with Crippen molar-refractivity contribution in [2.45, 2.75) is 39.7 Å². The second-order valence-corrected chi connectivity index (χ2v) is 5.56. The van der Waals surface area contributed by atoms with E-state index in [1.54, 1.807) is 12.3 Å². The second-order valence-electron chi connectivity index (χ2n) is 5.56. The number of carbonyl (C=O) groups excluding carboxylic acids is 1. The minimum absolute atomic E-state index is 0.0585. The van der Waals surface area contributed by atoms with Gasteiger partial charge in [0.2, 0.25) is 0 Å². The van der Waals surface area contributed by atoms with E-state index in [2.05, 4.69) is 18.8 Å². The predicted octanol–water partition coefficient (Wildman–Crippen LogP) is 4.22. The molecule has 0 saturated heterocycles. The lowest BCUT2D eigenvalue weighted by Crippen LogP contribution is -2.16. The van der Waals surface area contributed by atoms with Gasteiger partial charge in [-0.05, 0) is 43.9 Å². The molecule has 0 saturated carbocycles. The highest BCUT2D eigenvalue weighted by Crippen LogP contribution is 2.19. The van der Waals surface area contributed by atoms with Gasteiger partial charge in [0, 0.05) is 11.6 Å². The fourth-order valence-corrected chi connectivity index (χ4v) is 2.15. The molecule has 0 aliphatic carbocycles. The summed E-state index contributed by atoms with van der Waals surface area (Å²) in [4.78, 5) is 16.5.